The molecule has 20 heavy (non-hydrogen) atoms. The number of benzene rings is 1. The molecule has 0 radical (unpaired) electrons. The van der Waals surface area contributed by atoms with Gasteiger partial charge in [0.05, 0.1) is 11.8 Å². The Morgan fingerprint density at radius 1 is 1.15 bits per heavy atom. The predicted molar refractivity (Wildman–Crippen MR) is 74.6 cm³/mol. The molecule has 0 saturated carbocycles. The van der Waals surface area contributed by atoms with Gasteiger partial charge in [-0.15, -0.1) is 0 Å². The lowest BCUT2D eigenvalue weighted by atomic mass is 10.0. The molecule has 1 heterocycles. The van der Waals surface area contributed by atoms with E-state index in [9.17, 15) is 4.39 Å². The quantitative estimate of drug-likeness (QED) is 0.827. The van der Waals surface area contributed by atoms with E-state index in [0.29, 0.717) is 18.8 Å². The first-order chi connectivity index (χ1) is 9.49. The summed E-state index contributed by atoms with van der Waals surface area (Å²) in [6.07, 6.45) is 0. The Labute approximate surface area is 118 Å². The average Bonchev–Trinajstić information content (AvgIpc) is 2.47. The molecule has 1 saturated heterocycles. The van der Waals surface area contributed by atoms with Crippen LogP contribution in [0.15, 0.2) is 18.2 Å². The lowest BCUT2D eigenvalue weighted by Crippen LogP contribution is -2.54. The third-order valence-electron chi connectivity index (χ3n) is 3.79. The summed E-state index contributed by atoms with van der Waals surface area (Å²) in [6, 6.07) is 8.92. The first-order valence-corrected chi connectivity index (χ1v) is 6.59. The van der Waals surface area contributed by atoms with Crippen LogP contribution in [0.2, 0.25) is 0 Å². The Morgan fingerprint density at radius 2 is 1.80 bits per heavy atom. The molecule has 104 valence electrons. The molecule has 0 aromatic heterocycles. The fourth-order valence-corrected chi connectivity index (χ4v) is 2.46. The monoisotopic (exact) mass is 272 g/mol. The van der Waals surface area contributed by atoms with Crippen LogP contribution in [0, 0.1) is 28.5 Å². The molecular formula is C15H17FN4. The van der Waals surface area contributed by atoms with Gasteiger partial charge in [0.25, 0.3) is 0 Å². The van der Waals surface area contributed by atoms with E-state index in [2.05, 4.69) is 11.0 Å². The molecule has 0 unspecified atom stereocenters. The van der Waals surface area contributed by atoms with Crippen molar-refractivity contribution in [1.29, 1.82) is 10.5 Å². The van der Waals surface area contributed by atoms with Gasteiger partial charge >= 0.3 is 0 Å². The van der Waals surface area contributed by atoms with Gasteiger partial charge in [0, 0.05) is 26.2 Å². The Bertz CT molecular complexity index is 575. The fraction of sp³-hybridized carbons (Fsp3) is 0.467. The first-order valence-electron chi connectivity index (χ1n) is 6.59. The van der Waals surface area contributed by atoms with Crippen LogP contribution in [0.4, 0.5) is 10.1 Å². The minimum Gasteiger partial charge on any atom is -0.368 e. The Morgan fingerprint density at radius 3 is 2.35 bits per heavy atom. The van der Waals surface area contributed by atoms with Crippen molar-refractivity contribution < 1.29 is 4.39 Å². The molecule has 0 aliphatic carbocycles. The summed E-state index contributed by atoms with van der Waals surface area (Å²) in [5, 5.41) is 18.2. The zero-order chi connectivity index (χ0) is 14.8. The number of halogens is 1. The number of hydrogen-bond donors (Lipinski definition) is 0. The van der Waals surface area contributed by atoms with Crippen LogP contribution < -0.4 is 4.90 Å². The SMILES string of the molecule is CC(C)(C#N)N1CCN(c2cccc(F)c2C#N)CC1. The summed E-state index contributed by atoms with van der Waals surface area (Å²) in [7, 11) is 0. The van der Waals surface area contributed by atoms with E-state index in [0.717, 1.165) is 13.1 Å². The van der Waals surface area contributed by atoms with Crippen molar-refractivity contribution in [3.63, 3.8) is 0 Å². The maximum absolute atomic E-state index is 13.6. The summed E-state index contributed by atoms with van der Waals surface area (Å²) in [6.45, 7) is 6.60. The fourth-order valence-electron chi connectivity index (χ4n) is 2.46. The maximum Gasteiger partial charge on any atom is 0.143 e. The standard InChI is InChI=1S/C15H17FN4/c1-15(2,11-18)20-8-6-19(7-9-20)14-5-3-4-13(16)12(14)10-17/h3-5H,6-9H2,1-2H3. The molecule has 1 fully saturated rings. The van der Waals surface area contributed by atoms with Crippen LogP contribution in [-0.2, 0) is 0 Å². The van der Waals surface area contributed by atoms with Crippen LogP contribution in [0.5, 0.6) is 0 Å². The maximum atomic E-state index is 13.6. The summed E-state index contributed by atoms with van der Waals surface area (Å²) >= 11 is 0. The smallest absolute Gasteiger partial charge is 0.143 e. The first kappa shape index (κ1) is 14.3. The number of nitriles is 2. The highest BCUT2D eigenvalue weighted by Gasteiger charge is 2.30. The van der Waals surface area contributed by atoms with Crippen molar-refractivity contribution in [2.45, 2.75) is 19.4 Å². The van der Waals surface area contributed by atoms with E-state index < -0.39 is 11.4 Å². The summed E-state index contributed by atoms with van der Waals surface area (Å²) in [5.41, 5.74) is 0.244. The average molecular weight is 272 g/mol. The zero-order valence-electron chi connectivity index (χ0n) is 11.7. The van der Waals surface area contributed by atoms with E-state index in [4.69, 9.17) is 10.5 Å². The van der Waals surface area contributed by atoms with Crippen molar-refractivity contribution >= 4 is 5.69 Å². The van der Waals surface area contributed by atoms with Crippen LogP contribution in [0.25, 0.3) is 0 Å². The van der Waals surface area contributed by atoms with Crippen molar-refractivity contribution in [1.82, 2.24) is 4.90 Å². The third-order valence-corrected chi connectivity index (χ3v) is 3.79. The molecule has 1 aromatic rings. The van der Waals surface area contributed by atoms with Gasteiger partial charge in [0.2, 0.25) is 0 Å². The lowest BCUT2D eigenvalue weighted by Gasteiger charge is -2.41. The Kier molecular flexibility index (Phi) is 3.92. The molecule has 0 amide bonds. The van der Waals surface area contributed by atoms with Gasteiger partial charge < -0.3 is 4.90 Å². The Balaban J connectivity index is 2.15. The number of rotatable bonds is 2. The highest BCUT2D eigenvalue weighted by molar-refractivity contribution is 5.60. The van der Waals surface area contributed by atoms with Gasteiger partial charge in [-0.25, -0.2) is 4.39 Å². The molecule has 0 atom stereocenters. The van der Waals surface area contributed by atoms with Crippen molar-refractivity contribution in [3.05, 3.63) is 29.6 Å². The molecule has 1 aliphatic heterocycles. The number of hydrogen-bond acceptors (Lipinski definition) is 4. The topological polar surface area (TPSA) is 54.1 Å². The normalized spacial score (nSPS) is 16.6. The van der Waals surface area contributed by atoms with Gasteiger partial charge in [0.15, 0.2) is 0 Å². The van der Waals surface area contributed by atoms with E-state index in [1.165, 1.54) is 6.07 Å². The second-order valence-electron chi connectivity index (χ2n) is 5.39. The second-order valence-corrected chi connectivity index (χ2v) is 5.39. The highest BCUT2D eigenvalue weighted by atomic mass is 19.1. The van der Waals surface area contributed by atoms with Crippen LogP contribution in [0.3, 0.4) is 0 Å². The van der Waals surface area contributed by atoms with Crippen LogP contribution >= 0.6 is 0 Å². The van der Waals surface area contributed by atoms with Gasteiger partial charge in [-0.1, -0.05) is 6.07 Å². The van der Waals surface area contributed by atoms with E-state index in [1.54, 1.807) is 12.1 Å². The molecule has 5 heteroatoms. The van der Waals surface area contributed by atoms with Gasteiger partial charge in [0.1, 0.15) is 23.0 Å². The molecule has 4 nitrogen and oxygen atoms in total. The minimum absolute atomic E-state index is 0.0977. The molecule has 0 spiro atoms. The lowest BCUT2D eigenvalue weighted by molar-refractivity contribution is 0.158. The number of piperazine rings is 1. The molecule has 0 bridgehead atoms. The molecular weight excluding hydrogens is 255 g/mol. The molecule has 1 aromatic carbocycles. The molecule has 2 rings (SSSR count). The van der Waals surface area contributed by atoms with Gasteiger partial charge in [-0.3, -0.25) is 4.90 Å². The minimum atomic E-state index is -0.494. The zero-order valence-corrected chi connectivity index (χ0v) is 11.7. The summed E-state index contributed by atoms with van der Waals surface area (Å²) in [4.78, 5) is 4.11. The number of nitrogens with zero attached hydrogens (tertiary/aromatic N) is 4. The van der Waals surface area contributed by atoms with Crippen molar-refractivity contribution in [2.24, 2.45) is 0 Å². The van der Waals surface area contributed by atoms with E-state index in [1.807, 2.05) is 24.8 Å². The molecule has 0 N–H and O–H groups in total. The van der Waals surface area contributed by atoms with Gasteiger partial charge in [-0.05, 0) is 26.0 Å². The van der Waals surface area contributed by atoms with Crippen LogP contribution in [-0.4, -0.2) is 36.6 Å². The van der Waals surface area contributed by atoms with E-state index >= 15 is 0 Å². The number of anilines is 1. The van der Waals surface area contributed by atoms with Crippen molar-refractivity contribution in [2.75, 3.05) is 31.1 Å². The van der Waals surface area contributed by atoms with Crippen LogP contribution in [0.1, 0.15) is 19.4 Å². The van der Waals surface area contributed by atoms with E-state index in [-0.39, 0.29) is 5.56 Å². The Hall–Kier alpha value is -2.11. The second kappa shape index (κ2) is 5.48. The highest BCUT2D eigenvalue weighted by Crippen LogP contribution is 2.25. The largest absolute Gasteiger partial charge is 0.368 e. The third kappa shape index (κ3) is 2.59. The summed E-state index contributed by atoms with van der Waals surface area (Å²) in [5.74, 6) is -0.482. The summed E-state index contributed by atoms with van der Waals surface area (Å²) < 4.78 is 13.6. The molecule has 1 aliphatic rings. The van der Waals surface area contributed by atoms with Gasteiger partial charge in [-0.2, -0.15) is 10.5 Å². The predicted octanol–water partition coefficient (Wildman–Crippen LogP) is 2.12. The van der Waals surface area contributed by atoms with Crippen molar-refractivity contribution in [3.8, 4) is 12.1 Å².